The number of aromatic nitrogens is 2. The molecule has 17 heavy (non-hydrogen) atoms. The third-order valence-electron chi connectivity index (χ3n) is 1.73. The van der Waals surface area contributed by atoms with Crippen molar-refractivity contribution in [2.75, 3.05) is 5.32 Å². The molecule has 0 unspecified atom stereocenters. The first-order valence-corrected chi connectivity index (χ1v) is 5.02. The van der Waals surface area contributed by atoms with E-state index >= 15 is 0 Å². The van der Waals surface area contributed by atoms with Crippen LogP contribution in [0, 0.1) is 0 Å². The number of nitrogens with two attached hydrogens (primary N) is 1. The highest BCUT2D eigenvalue weighted by molar-refractivity contribution is 5.91. The fourth-order valence-electron chi connectivity index (χ4n) is 1.16. The lowest BCUT2D eigenvalue weighted by Crippen LogP contribution is -2.27. The van der Waals surface area contributed by atoms with E-state index in [2.05, 4.69) is 10.3 Å². The van der Waals surface area contributed by atoms with Gasteiger partial charge in [0.15, 0.2) is 5.82 Å². The maximum absolute atomic E-state index is 11.4. The predicted molar refractivity (Wildman–Crippen MR) is 61.6 cm³/mol. The summed E-state index contributed by atoms with van der Waals surface area (Å²) in [6.07, 6.45) is 0.843. The van der Waals surface area contributed by atoms with E-state index in [0.717, 1.165) is 0 Å². The van der Waals surface area contributed by atoms with Crippen LogP contribution in [0.15, 0.2) is 6.20 Å². The molecular formula is C10H16N4O3. The van der Waals surface area contributed by atoms with E-state index in [0.29, 0.717) is 0 Å². The van der Waals surface area contributed by atoms with E-state index in [4.69, 9.17) is 10.5 Å². The van der Waals surface area contributed by atoms with Crippen molar-refractivity contribution >= 4 is 17.8 Å². The summed E-state index contributed by atoms with van der Waals surface area (Å²) in [5.41, 5.74) is 4.50. The quantitative estimate of drug-likeness (QED) is 0.800. The molecule has 0 radical (unpaired) electrons. The Morgan fingerprint density at radius 3 is 2.47 bits per heavy atom. The standard InChI is InChI=1S/C10H16N4O3/c1-10(2,3)17-9(16)13-6-5-14(4)8(12-6)7(11)15/h5H,1-4H3,(H2,11,15)(H,13,16). The van der Waals surface area contributed by atoms with Crippen LogP contribution in [0.2, 0.25) is 0 Å². The molecule has 7 heteroatoms. The van der Waals surface area contributed by atoms with Gasteiger partial charge in [-0.05, 0) is 20.8 Å². The van der Waals surface area contributed by atoms with E-state index in [9.17, 15) is 9.59 Å². The minimum absolute atomic E-state index is 0.0658. The van der Waals surface area contributed by atoms with Crippen molar-refractivity contribution in [2.24, 2.45) is 12.8 Å². The summed E-state index contributed by atoms with van der Waals surface area (Å²) in [6.45, 7) is 5.25. The molecule has 3 N–H and O–H groups in total. The van der Waals surface area contributed by atoms with Gasteiger partial charge in [0.2, 0.25) is 5.82 Å². The largest absolute Gasteiger partial charge is 0.444 e. The van der Waals surface area contributed by atoms with Gasteiger partial charge in [-0.1, -0.05) is 0 Å². The Kier molecular flexibility index (Phi) is 3.40. The van der Waals surface area contributed by atoms with E-state index in [1.807, 2.05) is 0 Å². The number of carbonyl (C=O) groups excluding carboxylic acids is 2. The topological polar surface area (TPSA) is 99.2 Å². The van der Waals surface area contributed by atoms with Gasteiger partial charge in [-0.2, -0.15) is 0 Å². The zero-order chi connectivity index (χ0) is 13.2. The Morgan fingerprint density at radius 1 is 1.47 bits per heavy atom. The van der Waals surface area contributed by atoms with E-state index in [1.54, 1.807) is 27.8 Å². The van der Waals surface area contributed by atoms with Crippen LogP contribution in [0.5, 0.6) is 0 Å². The number of hydrogen-bond acceptors (Lipinski definition) is 4. The summed E-state index contributed by atoms with van der Waals surface area (Å²) < 4.78 is 6.46. The number of carbonyl (C=O) groups is 2. The van der Waals surface area contributed by atoms with Gasteiger partial charge in [-0.15, -0.1) is 0 Å². The first-order valence-electron chi connectivity index (χ1n) is 5.02. The summed E-state index contributed by atoms with van der Waals surface area (Å²) in [4.78, 5) is 26.2. The average molecular weight is 240 g/mol. The predicted octanol–water partition coefficient (Wildman–Crippen LogP) is 0.866. The molecule has 0 fully saturated rings. The summed E-state index contributed by atoms with van der Waals surface area (Å²) >= 11 is 0. The monoisotopic (exact) mass is 240 g/mol. The van der Waals surface area contributed by atoms with Crippen LogP contribution in [0.1, 0.15) is 31.4 Å². The molecule has 2 amide bonds. The Hall–Kier alpha value is -2.05. The van der Waals surface area contributed by atoms with Gasteiger partial charge in [0, 0.05) is 13.2 Å². The highest BCUT2D eigenvalue weighted by Crippen LogP contribution is 2.11. The molecule has 0 spiro atoms. The number of primary amides is 1. The molecule has 0 aliphatic rings. The summed E-state index contributed by atoms with van der Waals surface area (Å²) in [5.74, 6) is -0.378. The normalized spacial score (nSPS) is 11.1. The van der Waals surface area contributed by atoms with E-state index in [1.165, 1.54) is 10.8 Å². The molecule has 0 aliphatic carbocycles. The van der Waals surface area contributed by atoms with Crippen molar-refractivity contribution in [1.82, 2.24) is 9.55 Å². The van der Waals surface area contributed by atoms with Crippen LogP contribution in [-0.2, 0) is 11.8 Å². The zero-order valence-electron chi connectivity index (χ0n) is 10.3. The summed E-state index contributed by atoms with van der Waals surface area (Å²) in [7, 11) is 1.60. The Morgan fingerprint density at radius 2 is 2.06 bits per heavy atom. The lowest BCUT2D eigenvalue weighted by Gasteiger charge is -2.18. The van der Waals surface area contributed by atoms with Gasteiger partial charge < -0.3 is 15.0 Å². The second kappa shape index (κ2) is 4.44. The van der Waals surface area contributed by atoms with E-state index in [-0.39, 0.29) is 11.6 Å². The fraction of sp³-hybridized carbons (Fsp3) is 0.500. The van der Waals surface area contributed by atoms with Crippen LogP contribution in [0.25, 0.3) is 0 Å². The number of amides is 2. The zero-order valence-corrected chi connectivity index (χ0v) is 10.3. The molecule has 0 aliphatic heterocycles. The number of imidazole rings is 1. The number of nitrogens with one attached hydrogen (secondary N) is 1. The molecule has 0 bridgehead atoms. The number of rotatable bonds is 2. The number of nitrogens with zero attached hydrogens (tertiary/aromatic N) is 2. The third kappa shape index (κ3) is 3.78. The van der Waals surface area contributed by atoms with Crippen molar-refractivity contribution in [3.8, 4) is 0 Å². The minimum atomic E-state index is -0.662. The minimum Gasteiger partial charge on any atom is -0.444 e. The van der Waals surface area contributed by atoms with Crippen molar-refractivity contribution in [2.45, 2.75) is 26.4 Å². The van der Waals surface area contributed by atoms with Gasteiger partial charge in [0.1, 0.15) is 5.60 Å². The second-order valence-corrected chi connectivity index (χ2v) is 4.55. The molecule has 0 atom stereocenters. The average Bonchev–Trinajstić information content (AvgIpc) is 2.42. The first kappa shape index (κ1) is 13.0. The molecule has 0 saturated carbocycles. The van der Waals surface area contributed by atoms with Gasteiger partial charge >= 0.3 is 6.09 Å². The smallest absolute Gasteiger partial charge is 0.413 e. The molecule has 7 nitrogen and oxygen atoms in total. The van der Waals surface area contributed by atoms with Crippen LogP contribution in [0.4, 0.5) is 10.6 Å². The number of ether oxygens (including phenoxy) is 1. The van der Waals surface area contributed by atoms with Crippen molar-refractivity contribution < 1.29 is 14.3 Å². The SMILES string of the molecule is Cn1cc(NC(=O)OC(C)(C)C)nc1C(N)=O. The maximum atomic E-state index is 11.4. The van der Waals surface area contributed by atoms with Gasteiger partial charge in [-0.25, -0.2) is 9.78 Å². The molecule has 0 aromatic carbocycles. The molecule has 1 aromatic rings. The van der Waals surface area contributed by atoms with Crippen LogP contribution < -0.4 is 11.1 Å². The number of hydrogen-bond donors (Lipinski definition) is 2. The van der Waals surface area contributed by atoms with Gasteiger partial charge in [0.25, 0.3) is 5.91 Å². The number of anilines is 1. The maximum Gasteiger partial charge on any atom is 0.413 e. The summed E-state index contributed by atoms with van der Waals surface area (Å²) in [6, 6.07) is 0. The van der Waals surface area contributed by atoms with Gasteiger partial charge in [-0.3, -0.25) is 10.1 Å². The van der Waals surface area contributed by atoms with Gasteiger partial charge in [0.05, 0.1) is 0 Å². The fourth-order valence-corrected chi connectivity index (χ4v) is 1.16. The Labute approximate surface area is 99.0 Å². The molecule has 1 heterocycles. The Balaban J connectivity index is 2.73. The lowest BCUT2D eigenvalue weighted by atomic mass is 10.2. The number of aryl methyl sites for hydroxylation is 1. The van der Waals surface area contributed by atoms with Crippen molar-refractivity contribution in [1.29, 1.82) is 0 Å². The molecule has 1 aromatic heterocycles. The molecule has 1 rings (SSSR count). The molecule has 94 valence electrons. The highest BCUT2D eigenvalue weighted by atomic mass is 16.6. The highest BCUT2D eigenvalue weighted by Gasteiger charge is 2.18. The van der Waals surface area contributed by atoms with Crippen LogP contribution in [0.3, 0.4) is 0 Å². The first-order chi connectivity index (χ1) is 7.69. The van der Waals surface area contributed by atoms with Crippen molar-refractivity contribution in [3.63, 3.8) is 0 Å². The lowest BCUT2D eigenvalue weighted by molar-refractivity contribution is 0.0635. The Bertz CT molecular complexity index is 445. The van der Waals surface area contributed by atoms with E-state index < -0.39 is 17.6 Å². The molecule has 0 saturated heterocycles. The molecular weight excluding hydrogens is 224 g/mol. The van der Waals surface area contributed by atoms with Crippen molar-refractivity contribution in [3.05, 3.63) is 12.0 Å². The van der Waals surface area contributed by atoms with Crippen LogP contribution in [-0.4, -0.2) is 27.2 Å². The van der Waals surface area contributed by atoms with Crippen LogP contribution >= 0.6 is 0 Å². The third-order valence-corrected chi connectivity index (χ3v) is 1.73. The summed E-state index contributed by atoms with van der Waals surface area (Å²) in [5, 5.41) is 2.41. The second-order valence-electron chi connectivity index (χ2n) is 4.55.